The number of carbonyl (C=O) groups is 2. The number of carbonyl (C=O) groups excluding carboxylic acids is 2. The van der Waals surface area contributed by atoms with Crippen LogP contribution in [0.1, 0.15) is 56.3 Å². The van der Waals surface area contributed by atoms with Crippen LogP contribution in [0.3, 0.4) is 0 Å². The molecule has 0 spiro atoms. The molecule has 1 amide bonds. The lowest BCUT2D eigenvalue weighted by Crippen LogP contribution is -2.54. The summed E-state index contributed by atoms with van der Waals surface area (Å²) in [6.45, 7) is 2.83. The smallest absolute Gasteiger partial charge is 0.459 e. The highest BCUT2D eigenvalue weighted by atomic mass is 35.5. The molecule has 0 aliphatic carbocycles. The van der Waals surface area contributed by atoms with Gasteiger partial charge < -0.3 is 15.4 Å². The Morgan fingerprint density at radius 2 is 2.02 bits per heavy atom. The summed E-state index contributed by atoms with van der Waals surface area (Å²) < 4.78 is 45.4. The lowest BCUT2D eigenvalue weighted by molar-refractivity contribution is -0.201. The first-order valence-corrected chi connectivity index (χ1v) is 15.3. The van der Waals surface area contributed by atoms with Crippen molar-refractivity contribution < 1.29 is 27.5 Å². The molecule has 11 nitrogen and oxygen atoms in total. The largest absolute Gasteiger partial charge is 0.490 e. The Morgan fingerprint density at radius 1 is 1.24 bits per heavy atom. The van der Waals surface area contributed by atoms with Gasteiger partial charge >= 0.3 is 12.1 Å². The van der Waals surface area contributed by atoms with Gasteiger partial charge in [0.15, 0.2) is 11.3 Å². The fourth-order valence-corrected chi connectivity index (χ4v) is 6.94. The lowest BCUT2D eigenvalue weighted by Gasteiger charge is -2.44. The van der Waals surface area contributed by atoms with Crippen molar-refractivity contribution in [3.63, 3.8) is 0 Å². The molecule has 3 aromatic rings. The predicted octanol–water partition coefficient (Wildman–Crippen LogP) is 4.64. The number of amides is 1. The van der Waals surface area contributed by atoms with Gasteiger partial charge in [0.1, 0.15) is 17.4 Å². The summed E-state index contributed by atoms with van der Waals surface area (Å²) in [7, 11) is 0. The van der Waals surface area contributed by atoms with E-state index < -0.39 is 36.6 Å². The number of piperidine rings is 1. The number of halogens is 5. The Morgan fingerprint density at radius 3 is 2.71 bits per heavy atom. The number of anilines is 1. The van der Waals surface area contributed by atoms with Crippen molar-refractivity contribution in [2.75, 3.05) is 31.1 Å². The van der Waals surface area contributed by atoms with Crippen LogP contribution in [-0.2, 0) is 14.3 Å². The van der Waals surface area contributed by atoms with Crippen molar-refractivity contribution in [2.24, 2.45) is 11.7 Å². The molecule has 4 heterocycles. The van der Waals surface area contributed by atoms with E-state index in [0.717, 1.165) is 12.8 Å². The van der Waals surface area contributed by atoms with Gasteiger partial charge in [-0.1, -0.05) is 29.3 Å². The molecule has 4 atom stereocenters. The van der Waals surface area contributed by atoms with Crippen molar-refractivity contribution in [3.8, 4) is 6.07 Å². The van der Waals surface area contributed by atoms with Crippen LogP contribution in [0.4, 0.5) is 19.0 Å². The summed E-state index contributed by atoms with van der Waals surface area (Å²) in [4.78, 5) is 36.5. The van der Waals surface area contributed by atoms with Gasteiger partial charge in [-0.25, -0.2) is 19.4 Å². The van der Waals surface area contributed by atoms with Gasteiger partial charge in [-0.3, -0.25) is 9.69 Å². The zero-order valence-electron chi connectivity index (χ0n) is 24.3. The zero-order valence-corrected chi connectivity index (χ0v) is 25.8. The average Bonchev–Trinajstić information content (AvgIpc) is 3.62. The third-order valence-corrected chi connectivity index (χ3v) is 9.09. The number of aromatic nitrogens is 4. The van der Waals surface area contributed by atoms with Crippen molar-refractivity contribution in [1.29, 1.82) is 5.26 Å². The summed E-state index contributed by atoms with van der Waals surface area (Å²) >= 11 is 12.5. The molecule has 5 rings (SSSR count). The molecule has 2 aliphatic rings. The second-order valence-electron chi connectivity index (χ2n) is 11.3. The number of nitrogens with two attached hydrogens (primary N) is 1. The minimum atomic E-state index is -5.11. The molecular formula is C29H31Cl2F3N8O3. The van der Waals surface area contributed by atoms with E-state index in [1.54, 1.807) is 22.9 Å². The van der Waals surface area contributed by atoms with E-state index in [0.29, 0.717) is 53.0 Å². The van der Waals surface area contributed by atoms with Gasteiger partial charge in [-0.15, -0.1) is 0 Å². The van der Waals surface area contributed by atoms with Gasteiger partial charge in [0.05, 0.1) is 18.8 Å². The summed E-state index contributed by atoms with van der Waals surface area (Å²) in [5, 5.41) is 15.0. The van der Waals surface area contributed by atoms with Gasteiger partial charge in [0.25, 0.3) is 0 Å². The number of esters is 1. The molecule has 2 saturated heterocycles. The average molecular weight is 668 g/mol. The molecule has 45 heavy (non-hydrogen) atoms. The number of hydrogen-bond acceptors (Lipinski definition) is 9. The topological polar surface area (TPSA) is 143 Å². The van der Waals surface area contributed by atoms with Crippen LogP contribution < -0.4 is 10.6 Å². The standard InChI is InChI=1S/C29H31Cl2F3N8O3/c1-16(20-6-4-18(30)11-21(20)31)42-27-26(22(12-35)39-42)37-13-25(38-27)40-10-8-23(17(14-40)15-45-28(44)29(32,33)34)41-9-2-3-19(41)5-7-24(36)43/h4,6,11,13,16-17,19,23H,2-3,5,7-10,14-15H2,1H3,(H2,36,43)/t16-,17?,19?,23+/m1/s1. The SMILES string of the molecule is C[C@H](c1ccc(Cl)cc1Cl)n1nc(C#N)c2ncc(N3CC[C@H](N4CCCC4CCC(N)=O)C(COC(=O)C(F)(F)F)C3)nc21. The van der Waals surface area contributed by atoms with Gasteiger partial charge in [0, 0.05) is 47.6 Å². The van der Waals surface area contributed by atoms with E-state index in [2.05, 4.69) is 15.0 Å². The Hall–Kier alpha value is -3.67. The van der Waals surface area contributed by atoms with E-state index in [1.165, 1.54) is 6.20 Å². The van der Waals surface area contributed by atoms with Crippen LogP contribution in [0.5, 0.6) is 0 Å². The van der Waals surface area contributed by atoms with E-state index in [4.69, 9.17) is 38.7 Å². The molecule has 16 heteroatoms. The number of likely N-dealkylation sites (tertiary alicyclic amines) is 1. The highest BCUT2D eigenvalue weighted by Gasteiger charge is 2.44. The van der Waals surface area contributed by atoms with E-state index in [-0.39, 0.29) is 36.3 Å². The first kappa shape index (κ1) is 32.7. The molecule has 0 bridgehead atoms. The normalized spacial score (nSPS) is 21.5. The number of benzene rings is 1. The highest BCUT2D eigenvalue weighted by Crippen LogP contribution is 2.35. The number of alkyl halides is 3. The van der Waals surface area contributed by atoms with Gasteiger partial charge in [0.2, 0.25) is 5.91 Å². The highest BCUT2D eigenvalue weighted by molar-refractivity contribution is 6.35. The summed E-state index contributed by atoms with van der Waals surface area (Å²) in [5.74, 6) is -2.72. The molecule has 2 aromatic heterocycles. The van der Waals surface area contributed by atoms with Crippen LogP contribution in [-0.4, -0.2) is 81.0 Å². The van der Waals surface area contributed by atoms with Crippen molar-refractivity contribution >= 4 is 52.1 Å². The minimum absolute atomic E-state index is 0.0472. The van der Waals surface area contributed by atoms with Crippen LogP contribution in [0.2, 0.25) is 10.0 Å². The molecular weight excluding hydrogens is 636 g/mol. The second-order valence-corrected chi connectivity index (χ2v) is 12.2. The Labute approximate surface area is 267 Å². The fourth-order valence-electron chi connectivity index (χ4n) is 6.38. The fraction of sp³-hybridized carbons (Fsp3) is 0.517. The Kier molecular flexibility index (Phi) is 9.71. The van der Waals surface area contributed by atoms with Crippen LogP contribution in [0, 0.1) is 17.2 Å². The van der Waals surface area contributed by atoms with Crippen LogP contribution in [0.15, 0.2) is 24.4 Å². The summed E-state index contributed by atoms with van der Waals surface area (Å²) in [6.07, 6.45) is -0.596. The molecule has 2 N–H and O–H groups in total. The van der Waals surface area contributed by atoms with Crippen molar-refractivity contribution in [3.05, 3.63) is 45.7 Å². The van der Waals surface area contributed by atoms with E-state index >= 15 is 0 Å². The first-order chi connectivity index (χ1) is 21.4. The molecule has 1 aromatic carbocycles. The van der Waals surface area contributed by atoms with Crippen molar-refractivity contribution in [1.82, 2.24) is 24.6 Å². The third kappa shape index (κ3) is 7.10. The number of nitrogens with zero attached hydrogens (tertiary/aromatic N) is 7. The molecule has 2 unspecified atom stereocenters. The summed E-state index contributed by atoms with van der Waals surface area (Å²) in [6, 6.07) is 6.52. The monoisotopic (exact) mass is 666 g/mol. The zero-order chi connectivity index (χ0) is 32.5. The van der Waals surface area contributed by atoms with Crippen molar-refractivity contribution in [2.45, 2.75) is 63.3 Å². The molecule has 240 valence electrons. The van der Waals surface area contributed by atoms with Crippen LogP contribution >= 0.6 is 23.2 Å². The predicted molar refractivity (Wildman–Crippen MR) is 160 cm³/mol. The number of nitriles is 1. The number of ether oxygens (including phenoxy) is 1. The molecule has 2 aliphatic heterocycles. The van der Waals surface area contributed by atoms with Gasteiger partial charge in [-0.05, 0) is 56.8 Å². The van der Waals surface area contributed by atoms with E-state index in [1.807, 2.05) is 17.9 Å². The maximum atomic E-state index is 13.0. The number of hydrogen-bond donors (Lipinski definition) is 1. The molecule has 0 radical (unpaired) electrons. The second kappa shape index (κ2) is 13.4. The number of rotatable bonds is 9. The quantitative estimate of drug-likeness (QED) is 0.323. The molecule has 0 saturated carbocycles. The number of fused-ring (bicyclic) bond motifs is 1. The van der Waals surface area contributed by atoms with E-state index in [9.17, 15) is 28.0 Å². The first-order valence-electron chi connectivity index (χ1n) is 14.5. The summed E-state index contributed by atoms with van der Waals surface area (Å²) in [5.41, 5.74) is 6.77. The van der Waals surface area contributed by atoms with Gasteiger partial charge in [-0.2, -0.15) is 23.5 Å². The maximum absolute atomic E-state index is 13.0. The minimum Gasteiger partial charge on any atom is -0.459 e. The molecule has 2 fully saturated rings. The van der Waals surface area contributed by atoms with Crippen LogP contribution in [0.25, 0.3) is 11.2 Å². The third-order valence-electron chi connectivity index (χ3n) is 8.53. The lowest BCUT2D eigenvalue weighted by atomic mass is 9.90. The number of primary amides is 1. The maximum Gasteiger partial charge on any atom is 0.490 e. The Balaban J connectivity index is 1.44. The Bertz CT molecular complexity index is 1630.